The minimum absolute atomic E-state index is 0.0176. The molecule has 128 valence electrons. The number of likely N-dealkylation sites (tertiary alicyclic amines) is 1. The van der Waals surface area contributed by atoms with E-state index in [1.54, 1.807) is 0 Å². The molecule has 0 spiro atoms. The summed E-state index contributed by atoms with van der Waals surface area (Å²) in [6.07, 6.45) is 2.31. The zero-order valence-corrected chi connectivity index (χ0v) is 15.2. The Bertz CT molecular complexity index is 516. The number of benzene rings is 1. The number of hydrogen-bond acceptors (Lipinski definition) is 3. The summed E-state index contributed by atoms with van der Waals surface area (Å²) < 4.78 is 0. The summed E-state index contributed by atoms with van der Waals surface area (Å²) in [5.74, 6) is 0.757. The number of aryl methyl sites for hydroxylation is 2. The molecule has 1 aromatic carbocycles. The van der Waals surface area contributed by atoms with Gasteiger partial charge in [0, 0.05) is 0 Å². The Hall–Kier alpha value is -1.10. The minimum Gasteiger partial charge on any atom is -0.323 e. The number of hydrogen-bond donors (Lipinski definition) is 2. The fourth-order valence-corrected chi connectivity index (χ4v) is 3.52. The molecule has 1 aromatic rings. The maximum absolute atomic E-state index is 12.3. The van der Waals surface area contributed by atoms with Crippen LogP contribution in [0.2, 0.25) is 5.02 Å². The molecule has 1 amide bonds. The molecular weight excluding hydrogens is 310 g/mol. The Kier molecular flexibility index (Phi) is 6.88. The second-order valence-corrected chi connectivity index (χ2v) is 6.92. The maximum atomic E-state index is 12.3. The van der Waals surface area contributed by atoms with Crippen LogP contribution in [-0.2, 0) is 4.79 Å². The zero-order valence-electron chi connectivity index (χ0n) is 14.4. The molecule has 4 nitrogen and oxygen atoms in total. The molecule has 23 heavy (non-hydrogen) atoms. The summed E-state index contributed by atoms with van der Waals surface area (Å²) in [7, 11) is 0. The van der Waals surface area contributed by atoms with Crippen molar-refractivity contribution in [2.45, 2.75) is 33.6 Å². The first-order valence-electron chi connectivity index (χ1n) is 8.49. The van der Waals surface area contributed by atoms with Crippen molar-refractivity contribution in [3.63, 3.8) is 0 Å². The third kappa shape index (κ3) is 5.48. The predicted molar refractivity (Wildman–Crippen MR) is 97.3 cm³/mol. The monoisotopic (exact) mass is 337 g/mol. The standard InChI is InChI=1S/C18H28ClN3O/c1-4-20-11-15-5-7-22(8-6-15)12-17(23)21-18-14(3)9-13(2)10-16(18)19/h9-10,15,20H,4-8,11-12H2,1-3H3,(H,21,23). The van der Waals surface area contributed by atoms with E-state index in [-0.39, 0.29) is 5.91 Å². The number of rotatable bonds is 6. The van der Waals surface area contributed by atoms with Gasteiger partial charge in [0.05, 0.1) is 17.3 Å². The Morgan fingerprint density at radius 1 is 1.30 bits per heavy atom. The van der Waals surface area contributed by atoms with Crippen molar-refractivity contribution in [2.24, 2.45) is 5.92 Å². The number of carbonyl (C=O) groups is 1. The van der Waals surface area contributed by atoms with Gasteiger partial charge in [-0.15, -0.1) is 0 Å². The summed E-state index contributed by atoms with van der Waals surface area (Å²) in [4.78, 5) is 14.5. The molecule has 0 aromatic heterocycles. The highest BCUT2D eigenvalue weighted by molar-refractivity contribution is 6.34. The number of carbonyl (C=O) groups excluding carboxylic acids is 1. The van der Waals surface area contributed by atoms with Crippen molar-refractivity contribution in [3.8, 4) is 0 Å². The van der Waals surface area contributed by atoms with Gasteiger partial charge >= 0.3 is 0 Å². The van der Waals surface area contributed by atoms with Crippen molar-refractivity contribution < 1.29 is 4.79 Å². The first kappa shape index (κ1) is 18.2. The van der Waals surface area contributed by atoms with Crippen molar-refractivity contribution >= 4 is 23.2 Å². The highest BCUT2D eigenvalue weighted by Crippen LogP contribution is 2.27. The molecule has 0 atom stereocenters. The van der Waals surface area contributed by atoms with E-state index in [2.05, 4.69) is 22.5 Å². The molecule has 0 unspecified atom stereocenters. The molecule has 1 aliphatic heterocycles. The lowest BCUT2D eigenvalue weighted by atomic mass is 9.97. The van der Waals surface area contributed by atoms with E-state index in [9.17, 15) is 4.79 Å². The van der Waals surface area contributed by atoms with Crippen molar-refractivity contribution in [1.29, 1.82) is 0 Å². The average Bonchev–Trinajstić information content (AvgIpc) is 2.50. The fraction of sp³-hybridized carbons (Fsp3) is 0.611. The lowest BCUT2D eigenvalue weighted by Gasteiger charge is -2.31. The second-order valence-electron chi connectivity index (χ2n) is 6.51. The lowest BCUT2D eigenvalue weighted by Crippen LogP contribution is -2.41. The topological polar surface area (TPSA) is 44.4 Å². The molecule has 5 heteroatoms. The Labute approximate surface area is 144 Å². The molecule has 1 saturated heterocycles. The van der Waals surface area contributed by atoms with Crippen LogP contribution in [0.25, 0.3) is 0 Å². The van der Waals surface area contributed by atoms with Gasteiger partial charge in [-0.2, -0.15) is 0 Å². The van der Waals surface area contributed by atoms with Crippen molar-refractivity contribution in [1.82, 2.24) is 10.2 Å². The van der Waals surface area contributed by atoms with Gasteiger partial charge in [0.15, 0.2) is 0 Å². The quantitative estimate of drug-likeness (QED) is 0.837. The number of piperidine rings is 1. The van der Waals surface area contributed by atoms with Gasteiger partial charge in [0.1, 0.15) is 0 Å². The Morgan fingerprint density at radius 3 is 2.61 bits per heavy atom. The highest BCUT2D eigenvalue weighted by Gasteiger charge is 2.21. The van der Waals surface area contributed by atoms with Gasteiger partial charge in [0.25, 0.3) is 0 Å². The average molecular weight is 338 g/mol. The maximum Gasteiger partial charge on any atom is 0.238 e. The van der Waals surface area contributed by atoms with E-state index in [0.29, 0.717) is 11.6 Å². The summed E-state index contributed by atoms with van der Waals surface area (Å²) in [5, 5.41) is 7.00. The third-order valence-corrected chi connectivity index (χ3v) is 4.75. The van der Waals surface area contributed by atoms with Crippen LogP contribution in [0.4, 0.5) is 5.69 Å². The van der Waals surface area contributed by atoms with E-state index in [1.807, 2.05) is 26.0 Å². The summed E-state index contributed by atoms with van der Waals surface area (Å²) in [6, 6.07) is 3.92. The van der Waals surface area contributed by atoms with E-state index < -0.39 is 0 Å². The number of nitrogens with zero attached hydrogens (tertiary/aromatic N) is 1. The van der Waals surface area contributed by atoms with Crippen LogP contribution in [0, 0.1) is 19.8 Å². The van der Waals surface area contributed by atoms with Gasteiger partial charge in [-0.3, -0.25) is 9.69 Å². The number of nitrogens with one attached hydrogen (secondary N) is 2. The molecule has 0 bridgehead atoms. The minimum atomic E-state index is 0.0176. The number of anilines is 1. The second kappa shape index (κ2) is 8.67. The summed E-state index contributed by atoms with van der Waals surface area (Å²) in [5.41, 5.74) is 2.85. The first-order chi connectivity index (χ1) is 11.0. The van der Waals surface area contributed by atoms with Gasteiger partial charge in [-0.25, -0.2) is 0 Å². The van der Waals surface area contributed by atoms with Crippen molar-refractivity contribution in [2.75, 3.05) is 38.0 Å². The van der Waals surface area contributed by atoms with Crippen LogP contribution in [0.3, 0.4) is 0 Å². The van der Waals surface area contributed by atoms with Gasteiger partial charge in [-0.05, 0) is 76.0 Å². The summed E-state index contributed by atoms with van der Waals surface area (Å²) in [6.45, 7) is 10.7. The Morgan fingerprint density at radius 2 is 2.00 bits per heavy atom. The summed E-state index contributed by atoms with van der Waals surface area (Å²) >= 11 is 6.25. The van der Waals surface area contributed by atoms with Crippen LogP contribution in [0.5, 0.6) is 0 Å². The van der Waals surface area contributed by atoms with E-state index >= 15 is 0 Å². The van der Waals surface area contributed by atoms with Crippen molar-refractivity contribution in [3.05, 3.63) is 28.3 Å². The van der Waals surface area contributed by atoms with Crippen LogP contribution in [0.1, 0.15) is 30.9 Å². The third-order valence-electron chi connectivity index (χ3n) is 4.45. The van der Waals surface area contributed by atoms with Crippen LogP contribution >= 0.6 is 11.6 Å². The lowest BCUT2D eigenvalue weighted by molar-refractivity contribution is -0.117. The molecular formula is C18H28ClN3O. The van der Waals surface area contributed by atoms with E-state index in [1.165, 1.54) is 0 Å². The van der Waals surface area contributed by atoms with Gasteiger partial charge < -0.3 is 10.6 Å². The molecule has 1 heterocycles. The van der Waals surface area contributed by atoms with Gasteiger partial charge in [0.2, 0.25) is 5.91 Å². The number of amides is 1. The largest absolute Gasteiger partial charge is 0.323 e. The number of halogens is 1. The van der Waals surface area contributed by atoms with E-state index in [0.717, 1.165) is 61.8 Å². The van der Waals surface area contributed by atoms with Crippen LogP contribution in [-0.4, -0.2) is 43.5 Å². The molecule has 1 aliphatic rings. The Balaban J connectivity index is 1.82. The molecule has 0 saturated carbocycles. The normalized spacial score (nSPS) is 16.5. The zero-order chi connectivity index (χ0) is 16.8. The molecule has 0 radical (unpaired) electrons. The SMILES string of the molecule is CCNCC1CCN(CC(=O)Nc2c(C)cc(C)cc2Cl)CC1. The molecule has 1 fully saturated rings. The van der Waals surface area contributed by atoms with Crippen LogP contribution < -0.4 is 10.6 Å². The smallest absolute Gasteiger partial charge is 0.238 e. The highest BCUT2D eigenvalue weighted by atomic mass is 35.5. The first-order valence-corrected chi connectivity index (χ1v) is 8.87. The predicted octanol–water partition coefficient (Wildman–Crippen LogP) is 3.22. The van der Waals surface area contributed by atoms with E-state index in [4.69, 9.17) is 11.6 Å². The fourth-order valence-electron chi connectivity index (χ4n) is 3.15. The van der Waals surface area contributed by atoms with Gasteiger partial charge in [-0.1, -0.05) is 24.6 Å². The molecule has 0 aliphatic carbocycles. The molecule has 2 rings (SSSR count). The van der Waals surface area contributed by atoms with Crippen LogP contribution in [0.15, 0.2) is 12.1 Å². The molecule has 2 N–H and O–H groups in total.